The molecule has 0 bridgehead atoms. The topological polar surface area (TPSA) is 46.2 Å². The Morgan fingerprint density at radius 3 is 2.58 bits per heavy atom. The van der Waals surface area contributed by atoms with Crippen molar-refractivity contribution < 1.29 is 8.42 Å². The van der Waals surface area contributed by atoms with Crippen LogP contribution in [0.15, 0.2) is 0 Å². The minimum Gasteiger partial charge on any atom is -0.213 e. The van der Waals surface area contributed by atoms with Crippen LogP contribution in [0.25, 0.3) is 0 Å². The van der Waals surface area contributed by atoms with E-state index < -0.39 is 10.0 Å². The van der Waals surface area contributed by atoms with E-state index in [2.05, 4.69) is 27.3 Å². The van der Waals surface area contributed by atoms with Gasteiger partial charge in [0.2, 0.25) is 10.0 Å². The molecule has 5 heteroatoms. The third-order valence-corrected chi connectivity index (χ3v) is 3.88. The van der Waals surface area contributed by atoms with Gasteiger partial charge in [-0.15, -0.1) is 0 Å². The molecule has 0 heterocycles. The molecule has 1 aliphatic rings. The SMILES string of the molecule is CS(=O)(=O)N[C@@H]1CCC[C@H](I)C1. The largest absolute Gasteiger partial charge is 0.213 e. The fraction of sp³-hybridized carbons (Fsp3) is 1.00. The van der Waals surface area contributed by atoms with E-state index in [1.54, 1.807) is 0 Å². The van der Waals surface area contributed by atoms with Crippen LogP contribution in [0.4, 0.5) is 0 Å². The standard InChI is InChI=1S/C7H14INO2S/c1-12(10,11)9-7-4-2-3-6(8)5-7/h6-7,9H,2-5H2,1H3/t6-,7+/m0/s1. The van der Waals surface area contributed by atoms with Crippen molar-refractivity contribution in [1.29, 1.82) is 0 Å². The highest BCUT2D eigenvalue weighted by Crippen LogP contribution is 2.24. The lowest BCUT2D eigenvalue weighted by atomic mass is 9.96. The monoisotopic (exact) mass is 303 g/mol. The number of hydrogen-bond acceptors (Lipinski definition) is 2. The zero-order valence-corrected chi connectivity index (χ0v) is 10.1. The van der Waals surface area contributed by atoms with Crippen LogP contribution in [0.2, 0.25) is 0 Å². The van der Waals surface area contributed by atoms with Gasteiger partial charge >= 0.3 is 0 Å². The fourth-order valence-electron chi connectivity index (χ4n) is 1.54. The van der Waals surface area contributed by atoms with Gasteiger partial charge in [-0.05, 0) is 19.3 Å². The van der Waals surface area contributed by atoms with Crippen LogP contribution in [0.5, 0.6) is 0 Å². The second-order valence-corrected chi connectivity index (χ2v) is 6.89. The lowest BCUT2D eigenvalue weighted by Crippen LogP contribution is -2.37. The summed E-state index contributed by atoms with van der Waals surface area (Å²) in [5, 5.41) is 0. The second-order valence-electron chi connectivity index (χ2n) is 3.35. The number of nitrogens with one attached hydrogen (secondary N) is 1. The van der Waals surface area contributed by atoms with Gasteiger partial charge < -0.3 is 0 Å². The van der Waals surface area contributed by atoms with Crippen molar-refractivity contribution in [1.82, 2.24) is 4.72 Å². The van der Waals surface area contributed by atoms with E-state index in [4.69, 9.17) is 0 Å². The van der Waals surface area contributed by atoms with E-state index in [1.165, 1.54) is 12.7 Å². The molecule has 0 aromatic heterocycles. The Morgan fingerprint density at radius 1 is 1.42 bits per heavy atom. The van der Waals surface area contributed by atoms with Crippen molar-refractivity contribution >= 4 is 32.6 Å². The van der Waals surface area contributed by atoms with Crippen molar-refractivity contribution in [2.45, 2.75) is 35.6 Å². The van der Waals surface area contributed by atoms with Crippen molar-refractivity contribution in [2.75, 3.05) is 6.26 Å². The van der Waals surface area contributed by atoms with E-state index >= 15 is 0 Å². The Bertz CT molecular complexity index is 240. The maximum atomic E-state index is 10.9. The number of halogens is 1. The van der Waals surface area contributed by atoms with Gasteiger partial charge in [0.05, 0.1) is 6.26 Å². The molecule has 1 rings (SSSR count). The van der Waals surface area contributed by atoms with Crippen LogP contribution in [-0.2, 0) is 10.0 Å². The highest BCUT2D eigenvalue weighted by atomic mass is 127. The maximum absolute atomic E-state index is 10.9. The Balaban J connectivity index is 2.43. The summed E-state index contributed by atoms with van der Waals surface area (Å²) >= 11 is 2.39. The van der Waals surface area contributed by atoms with Gasteiger partial charge in [0.25, 0.3) is 0 Å². The van der Waals surface area contributed by atoms with E-state index in [9.17, 15) is 8.42 Å². The molecule has 2 atom stereocenters. The van der Waals surface area contributed by atoms with Crippen LogP contribution in [0.1, 0.15) is 25.7 Å². The van der Waals surface area contributed by atoms with Crippen LogP contribution in [-0.4, -0.2) is 24.6 Å². The number of rotatable bonds is 2. The molecule has 0 amide bonds. The lowest BCUT2D eigenvalue weighted by molar-refractivity contribution is 0.429. The smallest absolute Gasteiger partial charge is 0.208 e. The zero-order chi connectivity index (χ0) is 9.19. The normalized spacial score (nSPS) is 31.8. The summed E-state index contributed by atoms with van der Waals surface area (Å²) in [6.45, 7) is 0. The number of alkyl halides is 1. The van der Waals surface area contributed by atoms with E-state index in [0.29, 0.717) is 3.92 Å². The van der Waals surface area contributed by atoms with Gasteiger partial charge in [-0.1, -0.05) is 29.0 Å². The van der Waals surface area contributed by atoms with Crippen molar-refractivity contribution in [3.63, 3.8) is 0 Å². The Hall–Kier alpha value is 0.640. The summed E-state index contributed by atoms with van der Waals surface area (Å²) in [5.41, 5.74) is 0. The van der Waals surface area contributed by atoms with Gasteiger partial charge in [-0.25, -0.2) is 13.1 Å². The lowest BCUT2D eigenvalue weighted by Gasteiger charge is -2.25. The average Bonchev–Trinajstić information content (AvgIpc) is 1.82. The summed E-state index contributed by atoms with van der Waals surface area (Å²) < 4.78 is 25.1. The van der Waals surface area contributed by atoms with Crippen LogP contribution in [0, 0.1) is 0 Å². The molecule has 12 heavy (non-hydrogen) atoms. The molecule has 3 nitrogen and oxygen atoms in total. The number of sulfonamides is 1. The minimum absolute atomic E-state index is 0.177. The van der Waals surface area contributed by atoms with Crippen LogP contribution >= 0.6 is 22.6 Å². The first-order valence-electron chi connectivity index (χ1n) is 4.09. The summed E-state index contributed by atoms with van der Waals surface area (Å²) in [6, 6.07) is 0.177. The summed E-state index contributed by atoms with van der Waals surface area (Å²) in [4.78, 5) is 0. The molecule has 0 spiro atoms. The quantitative estimate of drug-likeness (QED) is 0.617. The molecule has 72 valence electrons. The molecular weight excluding hydrogens is 289 g/mol. The molecule has 1 fully saturated rings. The predicted molar refractivity (Wildman–Crippen MR) is 58.0 cm³/mol. The Labute approximate surface area is 87.5 Å². The molecule has 1 saturated carbocycles. The zero-order valence-electron chi connectivity index (χ0n) is 7.09. The molecule has 0 saturated heterocycles. The van der Waals surface area contributed by atoms with Gasteiger partial charge in [0.15, 0.2) is 0 Å². The molecule has 0 aliphatic heterocycles. The molecule has 0 radical (unpaired) electrons. The van der Waals surface area contributed by atoms with Crippen LogP contribution in [0.3, 0.4) is 0 Å². The van der Waals surface area contributed by atoms with Crippen LogP contribution < -0.4 is 4.72 Å². The molecule has 0 aromatic rings. The van der Waals surface area contributed by atoms with Crippen molar-refractivity contribution in [3.8, 4) is 0 Å². The van der Waals surface area contributed by atoms with E-state index in [1.807, 2.05) is 0 Å². The second kappa shape index (κ2) is 4.23. The highest BCUT2D eigenvalue weighted by Gasteiger charge is 2.21. The third kappa shape index (κ3) is 4.04. The molecule has 1 aliphatic carbocycles. The third-order valence-electron chi connectivity index (χ3n) is 1.99. The van der Waals surface area contributed by atoms with E-state index in [0.717, 1.165) is 19.3 Å². The van der Waals surface area contributed by atoms with Gasteiger partial charge in [0.1, 0.15) is 0 Å². The van der Waals surface area contributed by atoms with Crippen molar-refractivity contribution in [3.05, 3.63) is 0 Å². The van der Waals surface area contributed by atoms with E-state index in [-0.39, 0.29) is 6.04 Å². The minimum atomic E-state index is -3.00. The molecule has 1 N–H and O–H groups in total. The number of hydrogen-bond donors (Lipinski definition) is 1. The Kier molecular flexibility index (Phi) is 3.78. The first-order chi connectivity index (χ1) is 5.47. The Morgan fingerprint density at radius 2 is 2.08 bits per heavy atom. The summed E-state index contributed by atoms with van der Waals surface area (Å²) in [5.74, 6) is 0. The fourth-order valence-corrected chi connectivity index (χ4v) is 3.41. The molecule has 0 unspecified atom stereocenters. The summed E-state index contributed by atoms with van der Waals surface area (Å²) in [6.07, 6.45) is 5.56. The van der Waals surface area contributed by atoms with Gasteiger partial charge in [0, 0.05) is 9.97 Å². The first kappa shape index (κ1) is 10.7. The predicted octanol–water partition coefficient (Wildman–Crippen LogP) is 1.28. The first-order valence-corrected chi connectivity index (χ1v) is 7.22. The summed E-state index contributed by atoms with van der Waals surface area (Å²) in [7, 11) is -3.00. The molecule has 0 aromatic carbocycles. The van der Waals surface area contributed by atoms with Gasteiger partial charge in [-0.2, -0.15) is 0 Å². The highest BCUT2D eigenvalue weighted by molar-refractivity contribution is 14.1. The average molecular weight is 303 g/mol. The van der Waals surface area contributed by atoms with Crippen molar-refractivity contribution in [2.24, 2.45) is 0 Å². The van der Waals surface area contributed by atoms with Gasteiger partial charge in [-0.3, -0.25) is 0 Å². The molecular formula is C7H14INO2S. The maximum Gasteiger partial charge on any atom is 0.208 e.